The Morgan fingerprint density at radius 2 is 1.88 bits per heavy atom. The van der Waals surface area contributed by atoms with E-state index in [9.17, 15) is 14.4 Å². The minimum Gasteiger partial charge on any atom is -0.445 e. The first-order chi connectivity index (χ1) is 11.6. The standard InChI is InChI=1S/C17H22N2O5/c20-15-12-19(17(22)24-15)11-7-2-1-6-10-18-16(21)23-13-14-8-4-3-5-9-14/h3-5,8-9H,1-2,6-7,10-13H2,(H,18,21). The minimum absolute atomic E-state index is 0.0492. The van der Waals surface area contributed by atoms with Gasteiger partial charge < -0.3 is 14.8 Å². The number of unbranched alkanes of at least 4 members (excludes halogenated alkanes) is 3. The van der Waals surface area contributed by atoms with Crippen LogP contribution in [0.2, 0.25) is 0 Å². The Labute approximate surface area is 140 Å². The Kier molecular flexibility index (Phi) is 7.07. The van der Waals surface area contributed by atoms with Gasteiger partial charge in [0.25, 0.3) is 0 Å². The maximum Gasteiger partial charge on any atom is 0.418 e. The van der Waals surface area contributed by atoms with Crippen LogP contribution >= 0.6 is 0 Å². The van der Waals surface area contributed by atoms with Crippen LogP contribution in [0.15, 0.2) is 30.3 Å². The SMILES string of the molecule is O=C1CN(CCCCCCNC(=O)OCc2ccccc2)C(=O)O1. The number of esters is 1. The van der Waals surface area contributed by atoms with E-state index >= 15 is 0 Å². The molecule has 130 valence electrons. The van der Waals surface area contributed by atoms with Crippen molar-refractivity contribution in [1.82, 2.24) is 10.2 Å². The predicted molar refractivity (Wildman–Crippen MR) is 86.2 cm³/mol. The molecule has 0 unspecified atom stereocenters. The molecule has 1 heterocycles. The summed E-state index contributed by atoms with van der Waals surface area (Å²) < 4.78 is 9.54. The summed E-state index contributed by atoms with van der Waals surface area (Å²) in [7, 11) is 0. The van der Waals surface area contributed by atoms with E-state index in [1.165, 1.54) is 4.90 Å². The molecule has 0 saturated carbocycles. The molecule has 0 aromatic heterocycles. The highest BCUT2D eigenvalue weighted by Gasteiger charge is 2.28. The molecule has 0 atom stereocenters. The molecule has 1 N–H and O–H groups in total. The van der Waals surface area contributed by atoms with Gasteiger partial charge in [-0.05, 0) is 18.4 Å². The molecule has 2 rings (SSSR count). The molecular weight excluding hydrogens is 312 g/mol. The van der Waals surface area contributed by atoms with E-state index in [0.29, 0.717) is 13.1 Å². The molecule has 1 fully saturated rings. The zero-order chi connectivity index (χ0) is 17.2. The van der Waals surface area contributed by atoms with E-state index in [1.807, 2.05) is 30.3 Å². The van der Waals surface area contributed by atoms with Crippen LogP contribution in [0, 0.1) is 0 Å². The second kappa shape index (κ2) is 9.54. The zero-order valence-electron chi connectivity index (χ0n) is 13.5. The number of ether oxygens (including phenoxy) is 2. The van der Waals surface area contributed by atoms with Crippen molar-refractivity contribution in [2.24, 2.45) is 0 Å². The van der Waals surface area contributed by atoms with E-state index in [2.05, 4.69) is 10.1 Å². The summed E-state index contributed by atoms with van der Waals surface area (Å²) in [6, 6.07) is 9.50. The number of nitrogens with one attached hydrogen (secondary N) is 1. The number of carbonyl (C=O) groups is 3. The van der Waals surface area contributed by atoms with Gasteiger partial charge in [0.2, 0.25) is 0 Å². The zero-order valence-corrected chi connectivity index (χ0v) is 13.5. The number of carbonyl (C=O) groups excluding carboxylic acids is 3. The van der Waals surface area contributed by atoms with Gasteiger partial charge in [-0.1, -0.05) is 43.2 Å². The van der Waals surface area contributed by atoms with Crippen LogP contribution in [0.5, 0.6) is 0 Å². The summed E-state index contributed by atoms with van der Waals surface area (Å²) in [6.07, 6.45) is 2.51. The van der Waals surface area contributed by atoms with Gasteiger partial charge in [0.15, 0.2) is 0 Å². The highest BCUT2D eigenvalue weighted by molar-refractivity contribution is 5.92. The maximum absolute atomic E-state index is 11.5. The fourth-order valence-electron chi connectivity index (χ4n) is 2.33. The number of rotatable bonds is 9. The van der Waals surface area contributed by atoms with E-state index < -0.39 is 18.2 Å². The van der Waals surface area contributed by atoms with Gasteiger partial charge in [0.05, 0.1) is 0 Å². The summed E-state index contributed by atoms with van der Waals surface area (Å²) in [4.78, 5) is 35.0. The molecule has 1 saturated heterocycles. The lowest BCUT2D eigenvalue weighted by atomic mass is 10.2. The molecule has 1 aliphatic heterocycles. The van der Waals surface area contributed by atoms with Crippen molar-refractivity contribution in [1.29, 1.82) is 0 Å². The third-order valence-corrected chi connectivity index (χ3v) is 3.62. The van der Waals surface area contributed by atoms with Crippen LogP contribution in [0.1, 0.15) is 31.2 Å². The van der Waals surface area contributed by atoms with Gasteiger partial charge in [-0.25, -0.2) is 14.4 Å². The molecule has 24 heavy (non-hydrogen) atoms. The first-order valence-corrected chi connectivity index (χ1v) is 8.09. The van der Waals surface area contributed by atoms with E-state index in [4.69, 9.17) is 4.74 Å². The Morgan fingerprint density at radius 1 is 1.12 bits per heavy atom. The lowest BCUT2D eigenvalue weighted by Gasteiger charge is -2.11. The van der Waals surface area contributed by atoms with Crippen molar-refractivity contribution in [3.05, 3.63) is 35.9 Å². The third kappa shape index (κ3) is 6.28. The summed E-state index contributed by atoms with van der Waals surface area (Å²) in [5.41, 5.74) is 0.951. The number of cyclic esters (lactones) is 2. The Bertz CT molecular complexity index is 561. The Morgan fingerprint density at radius 3 is 2.58 bits per heavy atom. The molecule has 1 aromatic carbocycles. The molecule has 0 bridgehead atoms. The molecule has 1 aromatic rings. The molecule has 0 aliphatic carbocycles. The predicted octanol–water partition coefficient (Wildman–Crippen LogP) is 2.45. The highest BCUT2D eigenvalue weighted by Crippen LogP contribution is 2.08. The fourth-order valence-corrected chi connectivity index (χ4v) is 2.33. The first-order valence-electron chi connectivity index (χ1n) is 8.09. The van der Waals surface area contributed by atoms with Crippen molar-refractivity contribution >= 4 is 18.2 Å². The first kappa shape index (κ1) is 17.8. The van der Waals surface area contributed by atoms with Crippen LogP contribution in [-0.4, -0.2) is 42.7 Å². The van der Waals surface area contributed by atoms with Crippen molar-refractivity contribution in [2.45, 2.75) is 32.3 Å². The number of benzene rings is 1. The van der Waals surface area contributed by atoms with Crippen molar-refractivity contribution in [2.75, 3.05) is 19.6 Å². The average molecular weight is 334 g/mol. The second-order valence-electron chi connectivity index (χ2n) is 5.56. The van der Waals surface area contributed by atoms with Crippen LogP contribution in [0.25, 0.3) is 0 Å². The number of hydrogen-bond acceptors (Lipinski definition) is 5. The quantitative estimate of drug-likeness (QED) is 0.426. The smallest absolute Gasteiger partial charge is 0.418 e. The Balaban J connectivity index is 1.44. The lowest BCUT2D eigenvalue weighted by Crippen LogP contribution is -2.26. The van der Waals surface area contributed by atoms with Crippen molar-refractivity contribution in [3.63, 3.8) is 0 Å². The average Bonchev–Trinajstić information content (AvgIpc) is 2.90. The summed E-state index contributed by atoms with van der Waals surface area (Å²) in [6.45, 7) is 1.39. The number of amides is 2. The molecule has 7 heteroatoms. The molecular formula is C17H22N2O5. The number of nitrogens with zero attached hydrogens (tertiary/aromatic N) is 1. The topological polar surface area (TPSA) is 84.9 Å². The van der Waals surface area contributed by atoms with Gasteiger partial charge in [-0.15, -0.1) is 0 Å². The van der Waals surface area contributed by atoms with E-state index in [1.54, 1.807) is 0 Å². The van der Waals surface area contributed by atoms with E-state index in [0.717, 1.165) is 31.2 Å². The van der Waals surface area contributed by atoms with Gasteiger partial charge in [-0.3, -0.25) is 4.90 Å². The molecule has 1 aliphatic rings. The van der Waals surface area contributed by atoms with Crippen molar-refractivity contribution < 1.29 is 23.9 Å². The fraction of sp³-hybridized carbons (Fsp3) is 0.471. The molecule has 0 radical (unpaired) electrons. The summed E-state index contributed by atoms with van der Waals surface area (Å²) in [5.74, 6) is -0.488. The molecule has 2 amide bonds. The summed E-state index contributed by atoms with van der Waals surface area (Å²) >= 11 is 0. The molecule has 7 nitrogen and oxygen atoms in total. The van der Waals surface area contributed by atoms with Crippen LogP contribution in [-0.2, 0) is 20.9 Å². The van der Waals surface area contributed by atoms with Gasteiger partial charge >= 0.3 is 18.2 Å². The Hall–Kier alpha value is -2.57. The second-order valence-corrected chi connectivity index (χ2v) is 5.56. The van der Waals surface area contributed by atoms with Crippen LogP contribution in [0.3, 0.4) is 0 Å². The van der Waals surface area contributed by atoms with Crippen LogP contribution in [0.4, 0.5) is 9.59 Å². The molecule has 0 spiro atoms. The lowest BCUT2D eigenvalue weighted by molar-refractivity contribution is -0.132. The van der Waals surface area contributed by atoms with Crippen molar-refractivity contribution in [3.8, 4) is 0 Å². The van der Waals surface area contributed by atoms with Gasteiger partial charge in [0.1, 0.15) is 13.2 Å². The number of hydrogen-bond donors (Lipinski definition) is 1. The van der Waals surface area contributed by atoms with Crippen LogP contribution < -0.4 is 5.32 Å². The van der Waals surface area contributed by atoms with Gasteiger partial charge in [-0.2, -0.15) is 0 Å². The largest absolute Gasteiger partial charge is 0.445 e. The highest BCUT2D eigenvalue weighted by atomic mass is 16.6. The number of alkyl carbamates (subject to hydrolysis) is 1. The summed E-state index contributed by atoms with van der Waals surface area (Å²) in [5, 5.41) is 2.71. The maximum atomic E-state index is 11.5. The normalized spacial score (nSPS) is 13.8. The van der Waals surface area contributed by atoms with E-state index in [-0.39, 0.29) is 13.2 Å². The van der Waals surface area contributed by atoms with Gasteiger partial charge in [0, 0.05) is 13.1 Å². The monoisotopic (exact) mass is 334 g/mol. The third-order valence-electron chi connectivity index (χ3n) is 3.62. The minimum atomic E-state index is -0.553.